The van der Waals surface area contributed by atoms with Crippen LogP contribution in [0.15, 0.2) is 60.7 Å². The Kier molecular flexibility index (Phi) is 8.93. The van der Waals surface area contributed by atoms with Gasteiger partial charge in [-0.3, -0.25) is 9.59 Å². The summed E-state index contributed by atoms with van der Waals surface area (Å²) in [6.45, 7) is 9.93. The summed E-state index contributed by atoms with van der Waals surface area (Å²) < 4.78 is 10.5. The molecule has 2 aromatic rings. The number of rotatable bonds is 9. The predicted molar refractivity (Wildman–Crippen MR) is 132 cm³/mol. The van der Waals surface area contributed by atoms with Gasteiger partial charge in [0.2, 0.25) is 17.2 Å². The Balaban J connectivity index is 2.52. The van der Waals surface area contributed by atoms with E-state index in [1.807, 2.05) is 0 Å². The number of carbonyl (C=O) groups is 4. The third kappa shape index (κ3) is 6.44. The monoisotopic (exact) mass is 498 g/mol. The number of ether oxygens (including phenoxy) is 2. The average Bonchev–Trinajstić information content (AvgIpc) is 2.83. The van der Waals surface area contributed by atoms with Crippen LogP contribution >= 0.6 is 0 Å². The van der Waals surface area contributed by atoms with Crippen LogP contribution in [0.25, 0.3) is 0 Å². The first kappa shape index (κ1) is 28.9. The molecule has 0 aliphatic carbocycles. The summed E-state index contributed by atoms with van der Waals surface area (Å²) in [6.07, 6.45) is -4.68. The van der Waals surface area contributed by atoms with Gasteiger partial charge in [-0.15, -0.1) is 0 Å². The zero-order valence-corrected chi connectivity index (χ0v) is 21.5. The number of ketones is 2. The van der Waals surface area contributed by atoms with E-state index in [1.54, 1.807) is 77.9 Å². The lowest BCUT2D eigenvalue weighted by Gasteiger charge is -2.41. The van der Waals surface area contributed by atoms with Crippen LogP contribution in [0.5, 0.6) is 0 Å². The lowest BCUT2D eigenvalue weighted by molar-refractivity contribution is -0.183. The number of carbonyl (C=O) groups excluding carboxylic acids is 4. The van der Waals surface area contributed by atoms with Gasteiger partial charge in [-0.2, -0.15) is 0 Å². The van der Waals surface area contributed by atoms with Crippen LogP contribution in [0, 0.1) is 10.8 Å². The Hall–Kier alpha value is -3.36. The van der Waals surface area contributed by atoms with Crippen molar-refractivity contribution >= 4 is 23.5 Å². The van der Waals surface area contributed by atoms with Crippen molar-refractivity contribution in [3.63, 3.8) is 0 Å². The molecule has 2 unspecified atom stereocenters. The fourth-order valence-electron chi connectivity index (χ4n) is 3.46. The van der Waals surface area contributed by atoms with Gasteiger partial charge in [-0.1, -0.05) is 102 Å². The van der Waals surface area contributed by atoms with Gasteiger partial charge in [0.15, 0.2) is 12.2 Å². The third-order valence-corrected chi connectivity index (χ3v) is 5.45. The van der Waals surface area contributed by atoms with E-state index >= 15 is 0 Å². The van der Waals surface area contributed by atoms with Gasteiger partial charge in [0.25, 0.3) is 0 Å². The van der Waals surface area contributed by atoms with Crippen molar-refractivity contribution < 1.29 is 38.9 Å². The van der Waals surface area contributed by atoms with E-state index in [0.29, 0.717) is 0 Å². The molecule has 0 aromatic heterocycles. The molecule has 8 nitrogen and oxygen atoms in total. The second-order valence-electron chi connectivity index (χ2n) is 10.8. The van der Waals surface area contributed by atoms with E-state index in [2.05, 4.69) is 0 Å². The van der Waals surface area contributed by atoms with Gasteiger partial charge in [-0.05, 0) is 5.41 Å². The van der Waals surface area contributed by atoms with Crippen molar-refractivity contribution in [3.8, 4) is 0 Å². The van der Waals surface area contributed by atoms with E-state index in [4.69, 9.17) is 9.47 Å². The van der Waals surface area contributed by atoms with Gasteiger partial charge < -0.3 is 19.7 Å². The van der Waals surface area contributed by atoms with Crippen LogP contribution in [-0.4, -0.2) is 58.1 Å². The second-order valence-corrected chi connectivity index (χ2v) is 10.8. The first-order valence-electron chi connectivity index (χ1n) is 11.6. The molecular weight excluding hydrogens is 464 g/mol. The fourth-order valence-corrected chi connectivity index (χ4v) is 3.46. The van der Waals surface area contributed by atoms with Crippen LogP contribution in [0.1, 0.15) is 62.3 Å². The molecule has 0 saturated carbocycles. The first-order chi connectivity index (χ1) is 16.6. The summed E-state index contributed by atoms with van der Waals surface area (Å²) in [4.78, 5) is 53.1. The van der Waals surface area contributed by atoms with E-state index < -0.39 is 52.1 Å². The molecule has 0 heterocycles. The van der Waals surface area contributed by atoms with E-state index in [9.17, 15) is 29.4 Å². The molecule has 0 amide bonds. The number of aliphatic hydroxyl groups is 2. The van der Waals surface area contributed by atoms with E-state index in [1.165, 1.54) is 24.3 Å². The lowest BCUT2D eigenvalue weighted by Crippen LogP contribution is -2.61. The highest BCUT2D eigenvalue weighted by Crippen LogP contribution is 2.40. The van der Waals surface area contributed by atoms with Crippen molar-refractivity contribution in [2.45, 2.75) is 59.4 Å². The zero-order chi connectivity index (χ0) is 27.3. The van der Waals surface area contributed by atoms with Gasteiger partial charge >= 0.3 is 11.9 Å². The molecule has 0 radical (unpaired) electrons. The van der Waals surface area contributed by atoms with Crippen LogP contribution < -0.4 is 0 Å². The Morgan fingerprint density at radius 2 is 1.08 bits per heavy atom. The van der Waals surface area contributed by atoms with Gasteiger partial charge in [0.05, 0.1) is 6.61 Å². The Bertz CT molecular complexity index is 1030. The van der Waals surface area contributed by atoms with Crippen LogP contribution in [0.3, 0.4) is 0 Å². The minimum absolute atomic E-state index is 0.0738. The van der Waals surface area contributed by atoms with Gasteiger partial charge in [0.1, 0.15) is 0 Å². The Labute approximate surface area is 211 Å². The maximum Gasteiger partial charge on any atom is 0.339 e. The molecule has 0 spiro atoms. The van der Waals surface area contributed by atoms with E-state index in [0.717, 1.165) is 0 Å². The number of esters is 2. The minimum atomic E-state index is -2.43. The van der Waals surface area contributed by atoms with Crippen LogP contribution in [0.4, 0.5) is 0 Å². The summed E-state index contributed by atoms with van der Waals surface area (Å²) >= 11 is 0. The predicted octanol–water partition coefficient (Wildman–Crippen LogP) is 3.39. The number of hydrogen-bond donors (Lipinski definition) is 2. The van der Waals surface area contributed by atoms with E-state index in [-0.39, 0.29) is 17.7 Å². The molecular formula is C28H34O8. The van der Waals surface area contributed by atoms with Crippen molar-refractivity contribution in [2.24, 2.45) is 10.8 Å². The van der Waals surface area contributed by atoms with Crippen LogP contribution in [-0.2, 0) is 19.1 Å². The molecule has 0 fully saturated rings. The molecule has 0 bridgehead atoms. The first-order valence-corrected chi connectivity index (χ1v) is 11.6. The molecule has 2 rings (SSSR count). The smallest absolute Gasteiger partial charge is 0.339 e. The zero-order valence-electron chi connectivity index (χ0n) is 21.5. The second kappa shape index (κ2) is 11.1. The van der Waals surface area contributed by atoms with Crippen molar-refractivity contribution in [1.29, 1.82) is 0 Å². The summed E-state index contributed by atoms with van der Waals surface area (Å²) in [7, 11) is 0. The Morgan fingerprint density at radius 3 is 1.44 bits per heavy atom. The molecule has 194 valence electrons. The molecule has 2 N–H and O–H groups in total. The van der Waals surface area contributed by atoms with Gasteiger partial charge in [-0.25, -0.2) is 9.59 Å². The molecule has 0 saturated heterocycles. The largest absolute Gasteiger partial charge is 0.463 e. The minimum Gasteiger partial charge on any atom is -0.463 e. The molecule has 2 aromatic carbocycles. The summed E-state index contributed by atoms with van der Waals surface area (Å²) in [6, 6.07) is 15.7. The van der Waals surface area contributed by atoms with Gasteiger partial charge in [0, 0.05) is 16.5 Å². The highest BCUT2D eigenvalue weighted by atomic mass is 16.6. The quantitative estimate of drug-likeness (QED) is 0.306. The maximum atomic E-state index is 13.9. The molecule has 0 aliphatic rings. The van der Waals surface area contributed by atoms with Crippen LogP contribution in [0.2, 0.25) is 0 Å². The molecule has 36 heavy (non-hydrogen) atoms. The average molecular weight is 499 g/mol. The highest BCUT2D eigenvalue weighted by molar-refractivity contribution is 6.24. The standard InChI is InChI=1S/C28H34O8/c1-26(2,3)17-35-24(33)20(29)21(30)25(34)36-28(27(4,5)6,22(31)18-13-9-7-10-14-18)23(32)19-15-11-8-12-16-19/h7-16,20-21,29-30H,17H2,1-6H3. The maximum absolute atomic E-state index is 13.9. The molecule has 2 atom stereocenters. The third-order valence-electron chi connectivity index (χ3n) is 5.45. The van der Waals surface area contributed by atoms with Crippen molar-refractivity contribution in [3.05, 3.63) is 71.8 Å². The molecule has 8 heteroatoms. The number of hydrogen-bond acceptors (Lipinski definition) is 8. The summed E-state index contributed by atoms with van der Waals surface area (Å²) in [5.74, 6) is -4.37. The van der Waals surface area contributed by atoms with Crippen molar-refractivity contribution in [2.75, 3.05) is 6.61 Å². The molecule has 0 aliphatic heterocycles. The highest BCUT2D eigenvalue weighted by Gasteiger charge is 2.59. The lowest BCUT2D eigenvalue weighted by atomic mass is 9.68. The topological polar surface area (TPSA) is 127 Å². The normalized spacial score (nSPS) is 13.9. The number of Topliss-reactive ketones (excluding diaryl/α,β-unsaturated/α-hetero) is 2. The summed E-state index contributed by atoms with van der Waals surface area (Å²) in [5, 5.41) is 20.7. The Morgan fingerprint density at radius 1 is 0.694 bits per heavy atom. The SMILES string of the molecule is CC(C)(C)COC(=O)C(O)C(O)C(=O)OC(C(=O)c1ccccc1)(C(=O)c1ccccc1)C(C)(C)C. The van der Waals surface area contributed by atoms with Crippen molar-refractivity contribution in [1.82, 2.24) is 0 Å². The number of benzene rings is 2. The number of aliphatic hydroxyl groups excluding tert-OH is 2. The fraction of sp³-hybridized carbons (Fsp3) is 0.429. The summed E-state index contributed by atoms with van der Waals surface area (Å²) in [5.41, 5.74) is -3.96.